The molecule has 0 radical (unpaired) electrons. The second kappa shape index (κ2) is 7.53. The number of ether oxygens (including phenoxy) is 1. The van der Waals surface area contributed by atoms with Crippen LogP contribution in [0.5, 0.6) is 0 Å². The second-order valence-electron chi connectivity index (χ2n) is 4.20. The summed E-state index contributed by atoms with van der Waals surface area (Å²) in [5.74, 6) is -0.284. The molecule has 0 aliphatic rings. The van der Waals surface area contributed by atoms with Gasteiger partial charge in [0.05, 0.1) is 19.2 Å². The molecule has 1 amide bonds. The van der Waals surface area contributed by atoms with E-state index in [9.17, 15) is 9.59 Å². The van der Waals surface area contributed by atoms with Crippen molar-refractivity contribution in [2.24, 2.45) is 0 Å². The van der Waals surface area contributed by atoms with Crippen molar-refractivity contribution in [3.05, 3.63) is 35.4 Å². The summed E-state index contributed by atoms with van der Waals surface area (Å²) in [7, 11) is 3.13. The van der Waals surface area contributed by atoms with Crippen LogP contribution in [0.2, 0.25) is 0 Å². The number of likely N-dealkylation sites (N-methyl/N-ethyl adjacent to an activating group) is 1. The molecule has 0 spiro atoms. The molecular weight excluding hydrogens is 244 g/mol. The Kier molecular flexibility index (Phi) is 6.02. The zero-order valence-corrected chi connectivity index (χ0v) is 11.6. The van der Waals surface area contributed by atoms with Gasteiger partial charge in [0.1, 0.15) is 0 Å². The summed E-state index contributed by atoms with van der Waals surface area (Å²) in [6, 6.07) is 7.10. The lowest BCUT2D eigenvalue weighted by atomic mass is 10.1. The Morgan fingerprint density at radius 1 is 1.26 bits per heavy atom. The van der Waals surface area contributed by atoms with Crippen molar-refractivity contribution < 1.29 is 14.3 Å². The Bertz CT molecular complexity index is 429. The summed E-state index contributed by atoms with van der Waals surface area (Å²) in [5.41, 5.74) is 1.53. The highest BCUT2D eigenvalue weighted by Gasteiger charge is 2.06. The number of methoxy groups -OCH3 is 1. The number of nitrogens with zero attached hydrogens (tertiary/aromatic N) is 1. The number of nitrogens with one attached hydrogen (secondary N) is 1. The first kappa shape index (κ1) is 15.2. The lowest BCUT2D eigenvalue weighted by molar-refractivity contribution is -0.128. The van der Waals surface area contributed by atoms with Crippen LogP contribution < -0.4 is 5.32 Å². The van der Waals surface area contributed by atoms with Gasteiger partial charge in [-0.1, -0.05) is 12.1 Å². The van der Waals surface area contributed by atoms with Gasteiger partial charge in [0.15, 0.2) is 0 Å². The fourth-order valence-corrected chi connectivity index (χ4v) is 1.50. The minimum atomic E-state index is -0.348. The molecule has 19 heavy (non-hydrogen) atoms. The van der Waals surface area contributed by atoms with Gasteiger partial charge in [-0.25, -0.2) is 4.79 Å². The molecule has 0 heterocycles. The Balaban J connectivity index is 2.42. The Hall–Kier alpha value is -1.88. The predicted molar refractivity (Wildman–Crippen MR) is 72.8 cm³/mol. The van der Waals surface area contributed by atoms with E-state index in [-0.39, 0.29) is 11.9 Å². The monoisotopic (exact) mass is 264 g/mol. The van der Waals surface area contributed by atoms with Gasteiger partial charge >= 0.3 is 5.97 Å². The van der Waals surface area contributed by atoms with Gasteiger partial charge in [0.25, 0.3) is 0 Å². The van der Waals surface area contributed by atoms with Gasteiger partial charge < -0.3 is 15.0 Å². The third kappa shape index (κ3) is 4.71. The highest BCUT2D eigenvalue weighted by atomic mass is 16.5. The molecule has 0 unspecified atom stereocenters. The van der Waals surface area contributed by atoms with Crippen molar-refractivity contribution in [1.82, 2.24) is 10.2 Å². The molecule has 0 bridgehead atoms. The quantitative estimate of drug-likeness (QED) is 0.780. The van der Waals surface area contributed by atoms with E-state index in [0.717, 1.165) is 5.56 Å². The van der Waals surface area contributed by atoms with Gasteiger partial charge in [-0.2, -0.15) is 0 Å². The Morgan fingerprint density at radius 2 is 1.89 bits per heavy atom. The number of hydrogen-bond donors (Lipinski definition) is 1. The fraction of sp³-hybridized carbons (Fsp3) is 0.429. The molecule has 0 fully saturated rings. The summed E-state index contributed by atoms with van der Waals surface area (Å²) in [6.07, 6.45) is 0. The third-order valence-electron chi connectivity index (χ3n) is 2.88. The molecule has 1 rings (SSSR count). The molecule has 5 nitrogen and oxygen atoms in total. The average Bonchev–Trinajstić information content (AvgIpc) is 2.46. The van der Waals surface area contributed by atoms with Gasteiger partial charge in [0.2, 0.25) is 5.91 Å². The molecule has 1 aromatic rings. The summed E-state index contributed by atoms with van der Waals surface area (Å²) in [4.78, 5) is 24.5. The van der Waals surface area contributed by atoms with Crippen molar-refractivity contribution in [2.75, 3.05) is 27.2 Å². The topological polar surface area (TPSA) is 58.6 Å². The van der Waals surface area contributed by atoms with Gasteiger partial charge in [-0.05, 0) is 24.6 Å². The number of benzene rings is 1. The summed E-state index contributed by atoms with van der Waals surface area (Å²) in [5, 5.41) is 3.07. The zero-order chi connectivity index (χ0) is 14.3. The summed E-state index contributed by atoms with van der Waals surface area (Å²) < 4.78 is 4.62. The van der Waals surface area contributed by atoms with E-state index in [1.54, 1.807) is 24.1 Å². The van der Waals surface area contributed by atoms with E-state index in [1.165, 1.54) is 7.11 Å². The van der Waals surface area contributed by atoms with E-state index >= 15 is 0 Å². The molecule has 1 aromatic carbocycles. The zero-order valence-electron chi connectivity index (χ0n) is 11.6. The molecule has 0 aromatic heterocycles. The lowest BCUT2D eigenvalue weighted by Gasteiger charge is -2.14. The van der Waals surface area contributed by atoms with Crippen LogP contribution in [0.1, 0.15) is 22.8 Å². The molecule has 0 saturated heterocycles. The number of rotatable bonds is 6. The smallest absolute Gasteiger partial charge is 0.337 e. The summed E-state index contributed by atoms with van der Waals surface area (Å²) in [6.45, 7) is 3.53. The summed E-state index contributed by atoms with van der Waals surface area (Å²) >= 11 is 0. The number of carbonyl (C=O) groups excluding carboxylic acids is 2. The molecule has 0 atom stereocenters. The maximum Gasteiger partial charge on any atom is 0.337 e. The van der Waals surface area contributed by atoms with Crippen LogP contribution in [0.15, 0.2) is 24.3 Å². The molecule has 0 aliphatic heterocycles. The van der Waals surface area contributed by atoms with Crippen molar-refractivity contribution in [1.29, 1.82) is 0 Å². The van der Waals surface area contributed by atoms with Crippen molar-refractivity contribution in [3.8, 4) is 0 Å². The molecular formula is C14H20N2O3. The number of amides is 1. The van der Waals surface area contributed by atoms with Crippen LogP contribution in [-0.4, -0.2) is 44.0 Å². The molecule has 5 heteroatoms. The predicted octanol–water partition coefficient (Wildman–Crippen LogP) is 1.04. The number of hydrogen-bond acceptors (Lipinski definition) is 4. The Morgan fingerprint density at radius 3 is 2.42 bits per heavy atom. The minimum absolute atomic E-state index is 0.0636. The first-order valence-electron chi connectivity index (χ1n) is 6.20. The highest BCUT2D eigenvalue weighted by molar-refractivity contribution is 5.89. The second-order valence-corrected chi connectivity index (χ2v) is 4.20. The largest absolute Gasteiger partial charge is 0.465 e. The third-order valence-corrected chi connectivity index (χ3v) is 2.88. The van der Waals surface area contributed by atoms with E-state index < -0.39 is 0 Å². The number of carbonyl (C=O) groups is 2. The van der Waals surface area contributed by atoms with Crippen LogP contribution in [-0.2, 0) is 16.1 Å². The number of esters is 1. The van der Waals surface area contributed by atoms with Crippen LogP contribution in [0.3, 0.4) is 0 Å². The van der Waals surface area contributed by atoms with Crippen LogP contribution in [0.25, 0.3) is 0 Å². The first-order valence-corrected chi connectivity index (χ1v) is 6.20. The van der Waals surface area contributed by atoms with Gasteiger partial charge in [-0.3, -0.25) is 4.79 Å². The SMILES string of the molecule is CCN(C)C(=O)CNCc1ccc(C(=O)OC)cc1. The molecule has 0 aliphatic carbocycles. The Labute approximate surface area is 113 Å². The van der Waals surface area contributed by atoms with Crippen LogP contribution in [0, 0.1) is 0 Å². The van der Waals surface area contributed by atoms with E-state index in [2.05, 4.69) is 10.1 Å². The molecule has 0 saturated carbocycles. The molecule has 1 N–H and O–H groups in total. The van der Waals surface area contributed by atoms with Gasteiger partial charge in [-0.15, -0.1) is 0 Å². The maximum absolute atomic E-state index is 11.5. The highest BCUT2D eigenvalue weighted by Crippen LogP contribution is 2.05. The molecule has 104 valence electrons. The van der Waals surface area contributed by atoms with E-state index in [4.69, 9.17) is 0 Å². The van der Waals surface area contributed by atoms with Crippen molar-refractivity contribution >= 4 is 11.9 Å². The van der Waals surface area contributed by atoms with Crippen LogP contribution >= 0.6 is 0 Å². The van der Waals surface area contributed by atoms with Crippen molar-refractivity contribution in [2.45, 2.75) is 13.5 Å². The van der Waals surface area contributed by atoms with E-state index in [1.807, 2.05) is 19.1 Å². The maximum atomic E-state index is 11.5. The van der Waals surface area contributed by atoms with Crippen LogP contribution in [0.4, 0.5) is 0 Å². The lowest BCUT2D eigenvalue weighted by Crippen LogP contribution is -2.35. The standard InChI is InChI=1S/C14H20N2O3/c1-4-16(2)13(17)10-15-9-11-5-7-12(8-6-11)14(18)19-3/h5-8,15H,4,9-10H2,1-3H3. The van der Waals surface area contributed by atoms with E-state index in [0.29, 0.717) is 25.2 Å². The fourth-order valence-electron chi connectivity index (χ4n) is 1.50. The van der Waals surface area contributed by atoms with Gasteiger partial charge in [0, 0.05) is 20.1 Å². The minimum Gasteiger partial charge on any atom is -0.465 e. The first-order chi connectivity index (χ1) is 9.08. The van der Waals surface area contributed by atoms with Crippen molar-refractivity contribution in [3.63, 3.8) is 0 Å². The average molecular weight is 264 g/mol. The normalized spacial score (nSPS) is 10.1.